The van der Waals surface area contributed by atoms with Crippen LogP contribution in [0.4, 0.5) is 5.82 Å². The first kappa shape index (κ1) is 16.5. The minimum absolute atomic E-state index is 0.0423. The van der Waals surface area contributed by atoms with E-state index in [1.165, 1.54) is 12.8 Å². The zero-order chi connectivity index (χ0) is 16.1. The molecule has 0 aromatic carbocycles. The number of hydrogen-bond acceptors (Lipinski definition) is 4. The number of carbonyl (C=O) groups excluding carboxylic acids is 1. The van der Waals surface area contributed by atoms with Crippen LogP contribution in [0.3, 0.4) is 0 Å². The molecule has 1 saturated heterocycles. The van der Waals surface area contributed by atoms with Crippen molar-refractivity contribution in [3.05, 3.63) is 12.3 Å². The summed E-state index contributed by atoms with van der Waals surface area (Å²) in [5, 5.41) is 16.4. The van der Waals surface area contributed by atoms with Gasteiger partial charge in [0.25, 0.3) is 0 Å². The second-order valence-electron chi connectivity index (χ2n) is 6.78. The molecule has 1 saturated carbocycles. The lowest BCUT2D eigenvalue weighted by Crippen LogP contribution is -2.37. The van der Waals surface area contributed by atoms with E-state index in [9.17, 15) is 4.79 Å². The van der Waals surface area contributed by atoms with Gasteiger partial charge in [-0.05, 0) is 45.1 Å². The number of amides is 1. The van der Waals surface area contributed by atoms with Gasteiger partial charge in [-0.1, -0.05) is 12.8 Å². The molecule has 2 heterocycles. The minimum atomic E-state index is 0.0423. The second kappa shape index (κ2) is 7.93. The number of hydrogen-bond donors (Lipinski definition) is 2. The van der Waals surface area contributed by atoms with E-state index >= 15 is 0 Å². The molecule has 2 fully saturated rings. The first-order chi connectivity index (χ1) is 11.3. The molecular weight excluding hydrogens is 292 g/mol. The predicted molar refractivity (Wildman–Crippen MR) is 89.3 cm³/mol. The number of nitrogens with zero attached hydrogens (tertiary/aromatic N) is 3. The van der Waals surface area contributed by atoms with Gasteiger partial charge >= 0.3 is 0 Å². The molecule has 0 bridgehead atoms. The van der Waals surface area contributed by atoms with Crippen LogP contribution in [0, 0.1) is 0 Å². The van der Waals surface area contributed by atoms with Crippen LogP contribution in [-0.4, -0.2) is 51.4 Å². The molecule has 6 nitrogen and oxygen atoms in total. The van der Waals surface area contributed by atoms with Crippen LogP contribution in [0.15, 0.2) is 12.3 Å². The highest BCUT2D eigenvalue weighted by molar-refractivity contribution is 5.91. The Kier molecular flexibility index (Phi) is 5.67. The maximum atomic E-state index is 12.4. The van der Waals surface area contributed by atoms with E-state index in [4.69, 9.17) is 5.11 Å². The van der Waals surface area contributed by atoms with Crippen molar-refractivity contribution in [3.8, 4) is 0 Å². The van der Waals surface area contributed by atoms with E-state index < -0.39 is 0 Å². The molecule has 23 heavy (non-hydrogen) atoms. The fourth-order valence-electron chi connectivity index (χ4n) is 3.98. The van der Waals surface area contributed by atoms with Crippen LogP contribution in [0.2, 0.25) is 0 Å². The molecule has 1 atom stereocenters. The zero-order valence-corrected chi connectivity index (χ0v) is 13.8. The highest BCUT2D eigenvalue weighted by Gasteiger charge is 2.26. The van der Waals surface area contributed by atoms with Gasteiger partial charge in [0, 0.05) is 18.7 Å². The Morgan fingerprint density at radius 3 is 2.91 bits per heavy atom. The highest BCUT2D eigenvalue weighted by atomic mass is 16.3. The Hall–Kier alpha value is -1.40. The van der Waals surface area contributed by atoms with Crippen LogP contribution in [0.25, 0.3) is 0 Å². The Labute approximate surface area is 137 Å². The van der Waals surface area contributed by atoms with Crippen LogP contribution < -0.4 is 5.32 Å². The molecular formula is C17H28N4O2. The average Bonchev–Trinajstić information content (AvgIpc) is 3.26. The number of aromatic nitrogens is 2. The van der Waals surface area contributed by atoms with Crippen molar-refractivity contribution < 1.29 is 9.90 Å². The topological polar surface area (TPSA) is 70.4 Å². The lowest BCUT2D eigenvalue weighted by Gasteiger charge is -2.24. The van der Waals surface area contributed by atoms with E-state index in [1.54, 1.807) is 6.20 Å². The maximum Gasteiger partial charge on any atom is 0.239 e. The van der Waals surface area contributed by atoms with Crippen LogP contribution >= 0.6 is 0 Å². The van der Waals surface area contributed by atoms with Crippen molar-refractivity contribution in [1.82, 2.24) is 14.7 Å². The first-order valence-electron chi connectivity index (χ1n) is 8.96. The van der Waals surface area contributed by atoms with Gasteiger partial charge in [0.15, 0.2) is 0 Å². The summed E-state index contributed by atoms with van der Waals surface area (Å²) in [5.74, 6) is 0.869. The molecule has 0 radical (unpaired) electrons. The number of nitrogens with one attached hydrogen (secondary N) is 1. The minimum Gasteiger partial charge on any atom is -0.396 e. The fourth-order valence-corrected chi connectivity index (χ4v) is 3.98. The summed E-state index contributed by atoms with van der Waals surface area (Å²) >= 11 is 0. The van der Waals surface area contributed by atoms with E-state index in [1.807, 2.05) is 10.7 Å². The molecule has 3 rings (SSSR count). The van der Waals surface area contributed by atoms with Crippen molar-refractivity contribution in [1.29, 1.82) is 0 Å². The molecule has 1 unspecified atom stereocenters. The number of aliphatic hydroxyl groups is 1. The standard InChI is InChI=1S/C17H28N4O2/c22-12-4-8-14-7-3-11-20(14)13-17(23)19-16-9-10-18-21(16)15-5-1-2-6-15/h9-10,14-15,22H,1-8,11-13H2,(H,19,23). The lowest BCUT2D eigenvalue weighted by atomic mass is 10.1. The molecule has 2 N–H and O–H groups in total. The maximum absolute atomic E-state index is 12.4. The third kappa shape index (κ3) is 4.12. The molecule has 1 aromatic heterocycles. The number of aliphatic hydroxyl groups excluding tert-OH is 1. The fraction of sp³-hybridized carbons (Fsp3) is 0.765. The molecule has 2 aliphatic rings. The third-order valence-corrected chi connectivity index (χ3v) is 5.15. The van der Waals surface area contributed by atoms with Crippen LogP contribution in [0.1, 0.15) is 57.4 Å². The van der Waals surface area contributed by atoms with E-state index in [2.05, 4.69) is 15.3 Å². The molecule has 1 aromatic rings. The second-order valence-corrected chi connectivity index (χ2v) is 6.78. The van der Waals surface area contributed by atoms with Gasteiger partial charge in [0.2, 0.25) is 5.91 Å². The van der Waals surface area contributed by atoms with Crippen molar-refractivity contribution in [3.63, 3.8) is 0 Å². The summed E-state index contributed by atoms with van der Waals surface area (Å²) in [5.41, 5.74) is 0. The molecule has 1 amide bonds. The lowest BCUT2D eigenvalue weighted by molar-refractivity contribution is -0.117. The Bertz CT molecular complexity index is 510. The van der Waals surface area contributed by atoms with Gasteiger partial charge in [-0.2, -0.15) is 5.10 Å². The number of anilines is 1. The van der Waals surface area contributed by atoms with Gasteiger partial charge < -0.3 is 10.4 Å². The normalized spacial score (nSPS) is 22.7. The summed E-state index contributed by atoms with van der Waals surface area (Å²) in [4.78, 5) is 14.7. The molecule has 1 aliphatic heterocycles. The first-order valence-corrected chi connectivity index (χ1v) is 8.96. The zero-order valence-electron chi connectivity index (χ0n) is 13.8. The van der Waals surface area contributed by atoms with Gasteiger partial charge in [-0.15, -0.1) is 0 Å². The van der Waals surface area contributed by atoms with E-state index in [0.717, 1.165) is 50.9 Å². The number of rotatable bonds is 7. The van der Waals surface area contributed by atoms with Gasteiger partial charge in [0.1, 0.15) is 5.82 Å². The molecule has 1 aliphatic carbocycles. The Morgan fingerprint density at radius 2 is 2.13 bits per heavy atom. The van der Waals surface area contributed by atoms with Crippen molar-refractivity contribution in [2.75, 3.05) is 25.0 Å². The van der Waals surface area contributed by atoms with Gasteiger partial charge in [-0.3, -0.25) is 9.69 Å². The predicted octanol–water partition coefficient (Wildman–Crippen LogP) is 2.17. The Morgan fingerprint density at radius 1 is 1.30 bits per heavy atom. The van der Waals surface area contributed by atoms with Crippen molar-refractivity contribution in [2.24, 2.45) is 0 Å². The highest BCUT2D eigenvalue weighted by Crippen LogP contribution is 2.31. The van der Waals surface area contributed by atoms with Crippen molar-refractivity contribution in [2.45, 2.75) is 63.5 Å². The summed E-state index contributed by atoms with van der Waals surface area (Å²) in [7, 11) is 0. The number of likely N-dealkylation sites (tertiary alicyclic amines) is 1. The van der Waals surface area contributed by atoms with E-state index in [0.29, 0.717) is 18.6 Å². The smallest absolute Gasteiger partial charge is 0.239 e. The molecule has 0 spiro atoms. The average molecular weight is 320 g/mol. The van der Waals surface area contributed by atoms with E-state index in [-0.39, 0.29) is 12.5 Å². The number of carbonyl (C=O) groups is 1. The van der Waals surface area contributed by atoms with Crippen molar-refractivity contribution >= 4 is 11.7 Å². The summed E-state index contributed by atoms with van der Waals surface area (Å²) in [6.45, 7) is 1.65. The Balaban J connectivity index is 1.54. The SMILES string of the molecule is O=C(CN1CCCC1CCCO)Nc1ccnn1C1CCCC1. The largest absolute Gasteiger partial charge is 0.396 e. The molecule has 6 heteroatoms. The van der Waals surface area contributed by atoms with Crippen LogP contribution in [0.5, 0.6) is 0 Å². The summed E-state index contributed by atoms with van der Waals surface area (Å²) < 4.78 is 1.98. The van der Waals surface area contributed by atoms with Gasteiger partial charge in [0.05, 0.1) is 18.8 Å². The summed E-state index contributed by atoms with van der Waals surface area (Å²) in [6, 6.07) is 2.76. The molecule has 128 valence electrons. The summed E-state index contributed by atoms with van der Waals surface area (Å²) in [6.07, 6.45) is 10.6. The quantitative estimate of drug-likeness (QED) is 0.808. The third-order valence-electron chi connectivity index (χ3n) is 5.15. The van der Waals surface area contributed by atoms with Crippen LogP contribution in [-0.2, 0) is 4.79 Å². The monoisotopic (exact) mass is 320 g/mol. The van der Waals surface area contributed by atoms with Gasteiger partial charge in [-0.25, -0.2) is 4.68 Å².